The predicted octanol–water partition coefficient (Wildman–Crippen LogP) is 3.65. The van der Waals surface area contributed by atoms with Crippen molar-refractivity contribution in [3.8, 4) is 0 Å². The van der Waals surface area contributed by atoms with Crippen molar-refractivity contribution < 1.29 is 28.7 Å². The molecule has 1 aromatic rings. The van der Waals surface area contributed by atoms with E-state index >= 15 is 0 Å². The maximum absolute atomic E-state index is 13.2. The fourth-order valence-electron chi connectivity index (χ4n) is 3.91. The summed E-state index contributed by atoms with van der Waals surface area (Å²) < 4.78 is 10.9. The molecule has 12 heteroatoms. The highest BCUT2D eigenvalue weighted by molar-refractivity contribution is 5.97. The van der Waals surface area contributed by atoms with E-state index in [2.05, 4.69) is 47.4 Å². The van der Waals surface area contributed by atoms with Gasteiger partial charge < -0.3 is 41.8 Å². The average molecular weight is 607 g/mol. The van der Waals surface area contributed by atoms with Crippen LogP contribution in [0.2, 0.25) is 0 Å². The number of primary amides is 1. The van der Waals surface area contributed by atoms with Gasteiger partial charge >= 0.3 is 12.1 Å². The van der Waals surface area contributed by atoms with Gasteiger partial charge in [0.05, 0.1) is 12.6 Å². The second kappa shape index (κ2) is 18.3. The third-order valence-electron chi connectivity index (χ3n) is 6.00. The Kier molecular flexibility index (Phi) is 16.0. The van der Waals surface area contributed by atoms with Gasteiger partial charge in [-0.1, -0.05) is 46.8 Å². The van der Waals surface area contributed by atoms with E-state index in [0.29, 0.717) is 44.7 Å². The number of benzene rings is 1. The lowest BCUT2D eigenvalue weighted by molar-refractivity contribution is -0.129. The lowest BCUT2D eigenvalue weighted by Gasteiger charge is -2.31. The minimum atomic E-state index is -0.837. The van der Waals surface area contributed by atoms with Gasteiger partial charge in [0.1, 0.15) is 12.6 Å². The molecular formula is C31H54N6O6. The highest BCUT2D eigenvalue weighted by atomic mass is 16.5. The van der Waals surface area contributed by atoms with Gasteiger partial charge in [-0.2, -0.15) is 0 Å². The van der Waals surface area contributed by atoms with E-state index in [-0.39, 0.29) is 41.8 Å². The summed E-state index contributed by atoms with van der Waals surface area (Å²) in [7, 11) is 0. The van der Waals surface area contributed by atoms with Crippen molar-refractivity contribution in [1.29, 1.82) is 0 Å². The number of hydrogen-bond donors (Lipinski definition) is 6. The number of carbonyl (C=O) groups is 4. The van der Waals surface area contributed by atoms with Crippen LogP contribution in [-0.4, -0.2) is 67.9 Å². The number of urea groups is 1. The van der Waals surface area contributed by atoms with E-state index < -0.39 is 24.2 Å². The largest absolute Gasteiger partial charge is 0.445 e. The van der Waals surface area contributed by atoms with Crippen LogP contribution < -0.4 is 32.3 Å². The molecule has 1 aromatic carbocycles. The monoisotopic (exact) mass is 606 g/mol. The number of carbonyl (C=O) groups excluding carboxylic acids is 4. The summed E-state index contributed by atoms with van der Waals surface area (Å²) >= 11 is 0. The van der Waals surface area contributed by atoms with Crippen molar-refractivity contribution in [1.82, 2.24) is 21.3 Å². The number of anilines is 1. The molecule has 0 heterocycles. The highest BCUT2D eigenvalue weighted by Gasteiger charge is 2.30. The Labute approximate surface area is 257 Å². The molecule has 0 fully saturated rings. The molecule has 0 saturated heterocycles. The smallest absolute Gasteiger partial charge is 0.407 e. The van der Waals surface area contributed by atoms with Gasteiger partial charge in [0.25, 0.3) is 0 Å². The molecule has 0 aliphatic rings. The van der Waals surface area contributed by atoms with Gasteiger partial charge in [-0.05, 0) is 69.1 Å². The van der Waals surface area contributed by atoms with E-state index in [1.54, 1.807) is 24.3 Å². The number of alkyl carbamates (subject to hydrolysis) is 1. The zero-order valence-electron chi connectivity index (χ0n) is 27.2. The quantitative estimate of drug-likeness (QED) is 0.147. The van der Waals surface area contributed by atoms with Gasteiger partial charge in [0.15, 0.2) is 0 Å². The van der Waals surface area contributed by atoms with Crippen LogP contribution in [0.1, 0.15) is 80.2 Å². The number of amides is 5. The van der Waals surface area contributed by atoms with E-state index in [9.17, 15) is 19.2 Å². The first-order chi connectivity index (χ1) is 20.0. The third kappa shape index (κ3) is 18.0. The maximum atomic E-state index is 13.2. The summed E-state index contributed by atoms with van der Waals surface area (Å²) in [5.74, 6) is -0.680. The summed E-state index contributed by atoms with van der Waals surface area (Å²) in [6.45, 7) is 18.1. The fourth-order valence-corrected chi connectivity index (χ4v) is 3.91. The lowest BCUT2D eigenvalue weighted by Crippen LogP contribution is -2.57. The van der Waals surface area contributed by atoms with Crippen molar-refractivity contribution in [2.24, 2.45) is 17.1 Å². The second-order valence-corrected chi connectivity index (χ2v) is 13.3. The standard InChI is InChI=1S/C31H54N6O6/c1-21(2)25(37-31(6,7)8)27(39)36-24(11-9-16-33-28(32)40)26(38)35-23-14-12-22(13-15-23)19-43-29(41)34-17-10-18-42-20-30(3,4)5/h12-15,21,24-25,37H,9-11,16-20H2,1-8H3,(H,34,41)(H,35,38)(H,36,39)(H3,32,33,40)/t24-,25?/m0/s1. The third-order valence-corrected chi connectivity index (χ3v) is 6.00. The molecule has 0 bridgehead atoms. The molecule has 244 valence electrons. The van der Waals surface area contributed by atoms with Gasteiger partial charge in [0.2, 0.25) is 11.8 Å². The Morgan fingerprint density at radius 1 is 0.884 bits per heavy atom. The fraction of sp³-hybridized carbons (Fsp3) is 0.677. The first kappa shape index (κ1) is 37.6. The number of nitrogens with one attached hydrogen (secondary N) is 5. The highest BCUT2D eigenvalue weighted by Crippen LogP contribution is 2.14. The Balaban J connectivity index is 2.68. The Bertz CT molecular complexity index is 1020. The van der Waals surface area contributed by atoms with Crippen LogP contribution >= 0.6 is 0 Å². The molecular weight excluding hydrogens is 552 g/mol. The van der Waals surface area contributed by atoms with Crippen molar-refractivity contribution in [2.75, 3.05) is 31.6 Å². The zero-order chi connectivity index (χ0) is 32.6. The lowest BCUT2D eigenvalue weighted by atomic mass is 9.98. The predicted molar refractivity (Wildman–Crippen MR) is 168 cm³/mol. The molecule has 12 nitrogen and oxygen atoms in total. The van der Waals surface area contributed by atoms with Crippen molar-refractivity contribution in [3.63, 3.8) is 0 Å². The van der Waals surface area contributed by atoms with Gasteiger partial charge in [-0.15, -0.1) is 0 Å². The van der Waals surface area contributed by atoms with Crippen LogP contribution in [0.25, 0.3) is 0 Å². The minimum absolute atomic E-state index is 0.0104. The van der Waals surface area contributed by atoms with Crippen molar-refractivity contribution in [3.05, 3.63) is 29.8 Å². The molecule has 0 saturated carbocycles. The molecule has 0 aromatic heterocycles. The average Bonchev–Trinajstić information content (AvgIpc) is 2.89. The molecule has 0 radical (unpaired) electrons. The molecule has 1 rings (SSSR count). The van der Waals surface area contributed by atoms with Crippen LogP contribution in [0.3, 0.4) is 0 Å². The van der Waals surface area contributed by atoms with E-state index in [1.165, 1.54) is 0 Å². The molecule has 7 N–H and O–H groups in total. The van der Waals surface area contributed by atoms with Gasteiger partial charge in [-0.3, -0.25) is 9.59 Å². The van der Waals surface area contributed by atoms with E-state index in [0.717, 1.165) is 5.56 Å². The van der Waals surface area contributed by atoms with E-state index in [4.69, 9.17) is 15.2 Å². The Hall–Kier alpha value is -3.38. The summed E-state index contributed by atoms with van der Waals surface area (Å²) in [5, 5.41) is 14.2. The number of ether oxygens (including phenoxy) is 2. The molecule has 0 aliphatic carbocycles. The molecule has 1 unspecified atom stereocenters. The van der Waals surface area contributed by atoms with Crippen LogP contribution in [0.4, 0.5) is 15.3 Å². The molecule has 43 heavy (non-hydrogen) atoms. The molecule has 0 aliphatic heterocycles. The molecule has 2 atom stereocenters. The van der Waals surface area contributed by atoms with Crippen LogP contribution in [0.5, 0.6) is 0 Å². The Morgan fingerprint density at radius 3 is 2.07 bits per heavy atom. The minimum Gasteiger partial charge on any atom is -0.445 e. The van der Waals surface area contributed by atoms with Crippen LogP contribution in [0.15, 0.2) is 24.3 Å². The number of nitrogens with two attached hydrogens (primary N) is 1. The first-order valence-electron chi connectivity index (χ1n) is 15.0. The Morgan fingerprint density at radius 2 is 1.51 bits per heavy atom. The SMILES string of the molecule is CC(C)C(NC(C)(C)C)C(=O)N[C@@H](CCCNC(N)=O)C(=O)Nc1ccc(COC(=O)NCCCOCC(C)(C)C)cc1. The van der Waals surface area contributed by atoms with Crippen molar-refractivity contribution >= 4 is 29.6 Å². The summed E-state index contributed by atoms with van der Waals surface area (Å²) in [6.07, 6.45) is 0.900. The molecule has 0 spiro atoms. The second-order valence-electron chi connectivity index (χ2n) is 13.3. The molecule has 5 amide bonds. The summed E-state index contributed by atoms with van der Waals surface area (Å²) in [5.41, 5.74) is 6.21. The summed E-state index contributed by atoms with van der Waals surface area (Å²) in [4.78, 5) is 49.4. The number of rotatable bonds is 17. The van der Waals surface area contributed by atoms with Gasteiger partial charge in [-0.25, -0.2) is 9.59 Å². The van der Waals surface area contributed by atoms with E-state index in [1.807, 2.05) is 34.6 Å². The topological polar surface area (TPSA) is 173 Å². The zero-order valence-corrected chi connectivity index (χ0v) is 27.2. The van der Waals surface area contributed by atoms with Crippen LogP contribution in [0, 0.1) is 11.3 Å². The first-order valence-corrected chi connectivity index (χ1v) is 15.0. The number of hydrogen-bond acceptors (Lipinski definition) is 7. The van der Waals surface area contributed by atoms with Crippen LogP contribution in [-0.2, 0) is 25.7 Å². The summed E-state index contributed by atoms with van der Waals surface area (Å²) in [6, 6.07) is 4.90. The van der Waals surface area contributed by atoms with Crippen molar-refractivity contribution in [2.45, 2.75) is 98.9 Å². The maximum Gasteiger partial charge on any atom is 0.407 e. The van der Waals surface area contributed by atoms with Gasteiger partial charge in [0, 0.05) is 30.9 Å². The normalized spacial score (nSPS) is 13.1.